The molecule has 0 atom stereocenters. The van der Waals surface area contributed by atoms with Crippen molar-refractivity contribution in [3.8, 4) is 0 Å². The summed E-state index contributed by atoms with van der Waals surface area (Å²) in [6, 6.07) is 0. The molecule has 0 aromatic rings. The predicted molar refractivity (Wildman–Crippen MR) is 58.3 cm³/mol. The van der Waals surface area contributed by atoms with E-state index >= 15 is 0 Å². The van der Waals surface area contributed by atoms with Crippen LogP contribution in [0.3, 0.4) is 0 Å². The van der Waals surface area contributed by atoms with Gasteiger partial charge in [-0.3, -0.25) is 0 Å². The van der Waals surface area contributed by atoms with Crippen molar-refractivity contribution in [1.29, 1.82) is 0 Å². The normalized spacial score (nSPS) is 11.5. The van der Waals surface area contributed by atoms with Crippen LogP contribution in [-0.2, 0) is 9.63 Å². The fraction of sp³-hybridized carbons (Fsp3) is 0.818. The van der Waals surface area contributed by atoms with Gasteiger partial charge in [0, 0.05) is 6.92 Å². The Hall–Kier alpha value is -0.860. The lowest BCUT2D eigenvalue weighted by molar-refractivity contribution is -0.140. The molecule has 0 aromatic heterocycles. The number of carbonyl (C=O) groups excluding carboxylic acids is 1. The first-order valence-corrected chi connectivity index (χ1v) is 5.44. The van der Waals surface area contributed by atoms with E-state index < -0.39 is 0 Å². The van der Waals surface area contributed by atoms with E-state index in [1.165, 1.54) is 26.2 Å². The van der Waals surface area contributed by atoms with E-state index in [-0.39, 0.29) is 5.97 Å². The zero-order valence-corrected chi connectivity index (χ0v) is 9.51. The van der Waals surface area contributed by atoms with Gasteiger partial charge < -0.3 is 4.84 Å². The van der Waals surface area contributed by atoms with E-state index in [1.807, 2.05) is 6.92 Å². The number of nitrogens with zero attached hydrogens (tertiary/aromatic N) is 1. The summed E-state index contributed by atoms with van der Waals surface area (Å²) in [7, 11) is 0. The molecule has 0 saturated carbocycles. The van der Waals surface area contributed by atoms with Gasteiger partial charge in [0.2, 0.25) is 0 Å². The summed E-state index contributed by atoms with van der Waals surface area (Å²) in [6.45, 7) is 5.59. The second-order valence-corrected chi connectivity index (χ2v) is 3.40. The van der Waals surface area contributed by atoms with Gasteiger partial charge >= 0.3 is 5.97 Å². The number of hydrogen-bond acceptors (Lipinski definition) is 3. The summed E-state index contributed by atoms with van der Waals surface area (Å²) in [6.07, 6.45) is 6.69. The second kappa shape index (κ2) is 8.73. The third kappa shape index (κ3) is 7.77. The van der Waals surface area contributed by atoms with Gasteiger partial charge in [-0.25, -0.2) is 4.79 Å². The van der Waals surface area contributed by atoms with Gasteiger partial charge in [0.15, 0.2) is 0 Å². The molecule has 0 N–H and O–H groups in total. The summed E-state index contributed by atoms with van der Waals surface area (Å²) < 4.78 is 0. The van der Waals surface area contributed by atoms with Crippen LogP contribution in [0.25, 0.3) is 0 Å². The van der Waals surface area contributed by atoms with Crippen molar-refractivity contribution in [2.45, 2.75) is 59.3 Å². The number of carbonyl (C=O) groups is 1. The predicted octanol–water partition coefficient (Wildman–Crippen LogP) is 3.29. The topological polar surface area (TPSA) is 38.7 Å². The van der Waals surface area contributed by atoms with Crippen molar-refractivity contribution in [2.24, 2.45) is 5.16 Å². The highest BCUT2D eigenvalue weighted by molar-refractivity contribution is 5.84. The molecule has 3 nitrogen and oxygen atoms in total. The Morgan fingerprint density at radius 3 is 2.43 bits per heavy atom. The van der Waals surface area contributed by atoms with Gasteiger partial charge in [-0.05, 0) is 19.3 Å². The molecule has 0 rings (SSSR count). The Labute approximate surface area is 86.5 Å². The Balaban J connectivity index is 3.67. The van der Waals surface area contributed by atoms with Gasteiger partial charge in [-0.1, -0.05) is 38.3 Å². The lowest BCUT2D eigenvalue weighted by Gasteiger charge is -2.02. The quantitative estimate of drug-likeness (QED) is 0.273. The Morgan fingerprint density at radius 2 is 1.93 bits per heavy atom. The molecule has 0 aromatic carbocycles. The van der Waals surface area contributed by atoms with E-state index in [9.17, 15) is 4.79 Å². The van der Waals surface area contributed by atoms with Crippen LogP contribution in [-0.4, -0.2) is 11.7 Å². The van der Waals surface area contributed by atoms with Gasteiger partial charge in [-0.2, -0.15) is 0 Å². The minimum absolute atomic E-state index is 0.343. The average Bonchev–Trinajstić information content (AvgIpc) is 2.16. The molecule has 0 bridgehead atoms. The van der Waals surface area contributed by atoms with Crippen LogP contribution < -0.4 is 0 Å². The van der Waals surface area contributed by atoms with Crippen LogP contribution in [0, 0.1) is 0 Å². The first kappa shape index (κ1) is 13.1. The number of oxime groups is 1. The molecule has 0 aliphatic carbocycles. The van der Waals surface area contributed by atoms with Crippen molar-refractivity contribution in [3.63, 3.8) is 0 Å². The van der Waals surface area contributed by atoms with E-state index in [2.05, 4.69) is 16.9 Å². The lowest BCUT2D eigenvalue weighted by atomic mass is 10.1. The molecular formula is C11H21NO2. The van der Waals surface area contributed by atoms with Crippen LogP contribution >= 0.6 is 0 Å². The molecule has 0 spiro atoms. The first-order chi connectivity index (χ1) is 6.70. The molecule has 0 fully saturated rings. The molecule has 0 saturated heterocycles. The molecule has 0 unspecified atom stereocenters. The highest BCUT2D eigenvalue weighted by Gasteiger charge is 1.98. The minimum Gasteiger partial charge on any atom is -0.319 e. The van der Waals surface area contributed by atoms with Crippen molar-refractivity contribution < 1.29 is 9.63 Å². The summed E-state index contributed by atoms with van der Waals surface area (Å²) in [5.41, 5.74) is 0.983. The molecule has 0 aliphatic heterocycles. The number of hydrogen-bond donors (Lipinski definition) is 0. The summed E-state index contributed by atoms with van der Waals surface area (Å²) in [4.78, 5) is 15.1. The van der Waals surface area contributed by atoms with E-state index in [1.54, 1.807) is 0 Å². The smallest absolute Gasteiger partial charge is 0.319 e. The standard InChI is InChI=1S/C11H21NO2/c1-4-6-7-8-9-11(5-2)12-14-10(3)13/h4-9H2,1-3H3/b12-11+. The SMILES string of the molecule is CCCCCC/C(CC)=N/OC(C)=O. The van der Waals surface area contributed by atoms with E-state index in [0.29, 0.717) is 0 Å². The molecule has 82 valence electrons. The zero-order valence-electron chi connectivity index (χ0n) is 9.51. The van der Waals surface area contributed by atoms with E-state index in [0.717, 1.165) is 25.0 Å². The molecular weight excluding hydrogens is 178 g/mol. The minimum atomic E-state index is -0.343. The van der Waals surface area contributed by atoms with Gasteiger partial charge in [0.05, 0.1) is 5.71 Å². The highest BCUT2D eigenvalue weighted by Crippen LogP contribution is 2.05. The fourth-order valence-electron chi connectivity index (χ4n) is 1.17. The van der Waals surface area contributed by atoms with Gasteiger partial charge in [0.1, 0.15) is 0 Å². The molecule has 3 heteroatoms. The Bertz CT molecular complexity index is 188. The van der Waals surface area contributed by atoms with Crippen LogP contribution in [0.4, 0.5) is 0 Å². The van der Waals surface area contributed by atoms with Crippen LogP contribution in [0.2, 0.25) is 0 Å². The summed E-state index contributed by atoms with van der Waals surface area (Å²) in [5.74, 6) is -0.343. The largest absolute Gasteiger partial charge is 0.331 e. The van der Waals surface area contributed by atoms with Crippen molar-refractivity contribution >= 4 is 11.7 Å². The second-order valence-electron chi connectivity index (χ2n) is 3.40. The van der Waals surface area contributed by atoms with Crippen molar-refractivity contribution in [2.75, 3.05) is 0 Å². The first-order valence-electron chi connectivity index (χ1n) is 5.44. The van der Waals surface area contributed by atoms with Gasteiger partial charge in [-0.15, -0.1) is 0 Å². The number of unbranched alkanes of at least 4 members (excludes halogenated alkanes) is 3. The maximum atomic E-state index is 10.5. The zero-order chi connectivity index (χ0) is 10.8. The van der Waals surface area contributed by atoms with E-state index in [4.69, 9.17) is 0 Å². The van der Waals surface area contributed by atoms with Crippen LogP contribution in [0.5, 0.6) is 0 Å². The maximum Gasteiger partial charge on any atom is 0.331 e. The third-order valence-corrected chi connectivity index (χ3v) is 2.03. The van der Waals surface area contributed by atoms with Crippen LogP contribution in [0.1, 0.15) is 59.3 Å². The highest BCUT2D eigenvalue weighted by atomic mass is 16.7. The molecule has 0 amide bonds. The fourth-order valence-corrected chi connectivity index (χ4v) is 1.17. The summed E-state index contributed by atoms with van der Waals surface area (Å²) >= 11 is 0. The lowest BCUT2D eigenvalue weighted by Crippen LogP contribution is -2.00. The monoisotopic (exact) mass is 199 g/mol. The third-order valence-electron chi connectivity index (χ3n) is 2.03. The van der Waals surface area contributed by atoms with Gasteiger partial charge in [0.25, 0.3) is 0 Å². The molecule has 0 heterocycles. The molecule has 0 aliphatic rings. The Kier molecular flexibility index (Phi) is 8.19. The van der Waals surface area contributed by atoms with Crippen LogP contribution in [0.15, 0.2) is 5.16 Å². The number of rotatable bonds is 7. The van der Waals surface area contributed by atoms with Crippen molar-refractivity contribution in [3.05, 3.63) is 0 Å². The molecule has 14 heavy (non-hydrogen) atoms. The summed E-state index contributed by atoms with van der Waals surface area (Å²) in [5, 5.41) is 3.81. The average molecular weight is 199 g/mol. The van der Waals surface area contributed by atoms with Crippen molar-refractivity contribution in [1.82, 2.24) is 0 Å². The maximum absolute atomic E-state index is 10.5. The Morgan fingerprint density at radius 1 is 1.21 bits per heavy atom. The molecule has 0 radical (unpaired) electrons.